The molecule has 0 radical (unpaired) electrons. The smallest absolute Gasteiger partial charge is 0.336 e. The van der Waals surface area contributed by atoms with Crippen LogP contribution in [-0.2, 0) is 6.42 Å². The van der Waals surface area contributed by atoms with E-state index < -0.39 is 11.9 Å². The van der Waals surface area contributed by atoms with Gasteiger partial charge in [0.2, 0.25) is 0 Å². The molecule has 0 saturated carbocycles. The molecule has 0 aliphatic rings. The van der Waals surface area contributed by atoms with Gasteiger partial charge in [0.25, 0.3) is 0 Å². The van der Waals surface area contributed by atoms with Crippen molar-refractivity contribution in [1.82, 2.24) is 0 Å². The highest BCUT2D eigenvalue weighted by atomic mass is 16.4. The summed E-state index contributed by atoms with van der Waals surface area (Å²) < 4.78 is 0. The molecule has 0 aliphatic heterocycles. The normalized spacial score (nSPS) is 10.3. The molecule has 2 aromatic rings. The second-order valence-corrected chi connectivity index (χ2v) is 4.50. The molecule has 2 aromatic carbocycles. The third kappa shape index (κ3) is 3.09. The van der Waals surface area contributed by atoms with Gasteiger partial charge < -0.3 is 15.3 Å². The summed E-state index contributed by atoms with van der Waals surface area (Å²) in [5.74, 6) is -2.40. The lowest BCUT2D eigenvalue weighted by atomic mass is 9.91. The van der Waals surface area contributed by atoms with Crippen LogP contribution in [-0.4, -0.2) is 33.9 Å². The molecule has 3 N–H and O–H groups in total. The van der Waals surface area contributed by atoms with E-state index in [4.69, 9.17) is 10.2 Å². The standard InChI is InChI=1S/C16H14O5/c17-7-6-12-13(10-4-2-1-3-5-10)8-11(15(18)19)9-14(12)16(20)21/h1-5,8-9,17H,6-7H2,(H,18,19)(H,20,21). The number of rotatable bonds is 5. The van der Waals surface area contributed by atoms with Crippen LogP contribution < -0.4 is 0 Å². The number of aliphatic hydroxyl groups excluding tert-OH is 1. The zero-order valence-corrected chi connectivity index (χ0v) is 11.1. The Morgan fingerprint density at radius 1 is 0.952 bits per heavy atom. The summed E-state index contributed by atoms with van der Waals surface area (Å²) in [4.78, 5) is 22.6. The fraction of sp³-hybridized carbons (Fsp3) is 0.125. The first kappa shape index (κ1) is 14.7. The van der Waals surface area contributed by atoms with Crippen LogP contribution in [0, 0.1) is 0 Å². The summed E-state index contributed by atoms with van der Waals surface area (Å²) in [7, 11) is 0. The highest BCUT2D eigenvalue weighted by molar-refractivity contribution is 5.98. The lowest BCUT2D eigenvalue weighted by Crippen LogP contribution is -2.10. The monoisotopic (exact) mass is 286 g/mol. The van der Waals surface area contributed by atoms with Crippen LogP contribution >= 0.6 is 0 Å². The number of carboxylic acid groups (broad SMARTS) is 2. The van der Waals surface area contributed by atoms with Gasteiger partial charge in [-0.2, -0.15) is 0 Å². The molecule has 0 fully saturated rings. The van der Waals surface area contributed by atoms with Crippen LogP contribution in [0.5, 0.6) is 0 Å². The predicted octanol–water partition coefficient (Wildman–Crippen LogP) is 2.28. The molecule has 5 nitrogen and oxygen atoms in total. The second-order valence-electron chi connectivity index (χ2n) is 4.50. The number of aliphatic hydroxyl groups is 1. The van der Waals surface area contributed by atoms with Crippen LogP contribution in [0.25, 0.3) is 11.1 Å². The molecule has 0 spiro atoms. The Kier molecular flexibility index (Phi) is 4.35. The Morgan fingerprint density at radius 2 is 1.62 bits per heavy atom. The van der Waals surface area contributed by atoms with Crippen LogP contribution in [0.3, 0.4) is 0 Å². The first-order valence-corrected chi connectivity index (χ1v) is 6.34. The van der Waals surface area contributed by atoms with E-state index in [1.807, 2.05) is 6.07 Å². The molecule has 0 bridgehead atoms. The average Bonchev–Trinajstić information content (AvgIpc) is 2.48. The molecular formula is C16H14O5. The van der Waals surface area contributed by atoms with E-state index in [1.54, 1.807) is 24.3 Å². The van der Waals surface area contributed by atoms with Crippen molar-refractivity contribution in [3.63, 3.8) is 0 Å². The van der Waals surface area contributed by atoms with Gasteiger partial charge in [0.05, 0.1) is 11.1 Å². The Labute approximate surface area is 121 Å². The summed E-state index contributed by atoms with van der Waals surface area (Å²) in [6.45, 7) is -0.216. The lowest BCUT2D eigenvalue weighted by Gasteiger charge is -2.13. The van der Waals surface area contributed by atoms with Crippen molar-refractivity contribution in [3.05, 3.63) is 59.2 Å². The van der Waals surface area contributed by atoms with Gasteiger partial charge in [0.15, 0.2) is 0 Å². The van der Waals surface area contributed by atoms with Crippen molar-refractivity contribution in [1.29, 1.82) is 0 Å². The van der Waals surface area contributed by atoms with Crippen LogP contribution in [0.4, 0.5) is 0 Å². The molecular weight excluding hydrogens is 272 g/mol. The summed E-state index contributed by atoms with van der Waals surface area (Å²) in [5.41, 5.74) is 1.48. The van der Waals surface area contributed by atoms with E-state index in [-0.39, 0.29) is 24.2 Å². The Hall–Kier alpha value is -2.66. The molecule has 0 saturated heterocycles. The van der Waals surface area contributed by atoms with Gasteiger partial charge in [-0.05, 0) is 35.2 Å². The van der Waals surface area contributed by atoms with Crippen molar-refractivity contribution >= 4 is 11.9 Å². The molecule has 0 heterocycles. The fourth-order valence-corrected chi connectivity index (χ4v) is 2.24. The van der Waals surface area contributed by atoms with Gasteiger partial charge in [0.1, 0.15) is 0 Å². The first-order valence-electron chi connectivity index (χ1n) is 6.34. The maximum Gasteiger partial charge on any atom is 0.336 e. The van der Waals surface area contributed by atoms with E-state index in [1.165, 1.54) is 6.07 Å². The SMILES string of the molecule is O=C(O)c1cc(C(=O)O)c(CCO)c(-c2ccccc2)c1. The van der Waals surface area contributed by atoms with Gasteiger partial charge in [-0.1, -0.05) is 30.3 Å². The van der Waals surface area contributed by atoms with Gasteiger partial charge >= 0.3 is 11.9 Å². The minimum absolute atomic E-state index is 0.0899. The van der Waals surface area contributed by atoms with E-state index in [2.05, 4.69) is 0 Å². The molecule has 0 amide bonds. The molecule has 0 atom stereocenters. The topological polar surface area (TPSA) is 94.8 Å². The molecule has 21 heavy (non-hydrogen) atoms. The Bertz CT molecular complexity index is 677. The van der Waals surface area contributed by atoms with Crippen LogP contribution in [0.2, 0.25) is 0 Å². The van der Waals surface area contributed by atoms with E-state index in [0.717, 1.165) is 6.07 Å². The summed E-state index contributed by atoms with van der Waals surface area (Å²) in [5, 5.41) is 27.6. The number of aromatic carboxylic acids is 2. The highest BCUT2D eigenvalue weighted by Crippen LogP contribution is 2.29. The fourth-order valence-electron chi connectivity index (χ4n) is 2.24. The van der Waals surface area contributed by atoms with E-state index in [0.29, 0.717) is 16.7 Å². The van der Waals surface area contributed by atoms with Crippen molar-refractivity contribution in [2.45, 2.75) is 6.42 Å². The molecule has 2 rings (SSSR count). The van der Waals surface area contributed by atoms with Gasteiger partial charge in [-0.25, -0.2) is 9.59 Å². The second kappa shape index (κ2) is 6.19. The molecule has 0 unspecified atom stereocenters. The number of hydrogen-bond donors (Lipinski definition) is 3. The zero-order valence-electron chi connectivity index (χ0n) is 11.1. The third-order valence-corrected chi connectivity index (χ3v) is 3.17. The summed E-state index contributed by atoms with van der Waals surface area (Å²) in [6.07, 6.45) is 0.145. The number of hydrogen-bond acceptors (Lipinski definition) is 3. The van der Waals surface area contributed by atoms with E-state index >= 15 is 0 Å². The first-order chi connectivity index (χ1) is 10.0. The number of carboxylic acids is 2. The number of benzene rings is 2. The minimum Gasteiger partial charge on any atom is -0.478 e. The Morgan fingerprint density at radius 3 is 2.14 bits per heavy atom. The summed E-state index contributed by atoms with van der Waals surface area (Å²) in [6, 6.07) is 11.5. The average molecular weight is 286 g/mol. The van der Waals surface area contributed by atoms with Gasteiger partial charge in [0, 0.05) is 6.61 Å². The van der Waals surface area contributed by atoms with Gasteiger partial charge in [-0.15, -0.1) is 0 Å². The quantitative estimate of drug-likeness (QED) is 0.783. The maximum absolute atomic E-state index is 11.4. The van der Waals surface area contributed by atoms with Crippen LogP contribution in [0.15, 0.2) is 42.5 Å². The minimum atomic E-state index is -1.21. The zero-order chi connectivity index (χ0) is 15.4. The van der Waals surface area contributed by atoms with E-state index in [9.17, 15) is 14.7 Å². The molecule has 0 aliphatic carbocycles. The molecule has 5 heteroatoms. The third-order valence-electron chi connectivity index (χ3n) is 3.17. The van der Waals surface area contributed by atoms with Gasteiger partial charge in [-0.3, -0.25) is 0 Å². The van der Waals surface area contributed by atoms with Crippen molar-refractivity contribution in [2.75, 3.05) is 6.61 Å². The maximum atomic E-state index is 11.4. The van der Waals surface area contributed by atoms with Crippen LogP contribution in [0.1, 0.15) is 26.3 Å². The molecule has 0 aromatic heterocycles. The highest BCUT2D eigenvalue weighted by Gasteiger charge is 2.19. The van der Waals surface area contributed by atoms with Crippen molar-refractivity contribution < 1.29 is 24.9 Å². The predicted molar refractivity (Wildman–Crippen MR) is 76.6 cm³/mol. The summed E-state index contributed by atoms with van der Waals surface area (Å²) >= 11 is 0. The van der Waals surface area contributed by atoms with Crippen molar-refractivity contribution in [2.24, 2.45) is 0 Å². The van der Waals surface area contributed by atoms with Crippen molar-refractivity contribution in [3.8, 4) is 11.1 Å². The largest absolute Gasteiger partial charge is 0.478 e. The lowest BCUT2D eigenvalue weighted by molar-refractivity contribution is 0.0695. The number of carbonyl (C=O) groups is 2. The molecule has 108 valence electrons. The Balaban J connectivity index is 2.76.